The van der Waals surface area contributed by atoms with Crippen LogP contribution in [-0.4, -0.2) is 16.1 Å². The summed E-state index contributed by atoms with van der Waals surface area (Å²) in [6.45, 7) is 0. The van der Waals surface area contributed by atoms with Gasteiger partial charge in [0.2, 0.25) is 0 Å². The fourth-order valence-corrected chi connectivity index (χ4v) is 2.29. The molecule has 1 unspecified atom stereocenters. The predicted octanol–water partition coefficient (Wildman–Crippen LogP) is 3.91. The Balaban J connectivity index is 2.29. The number of hydrogen-bond donors (Lipinski definition) is 1. The number of aliphatic carboxylic acids is 1. The number of carbonyl (C=O) groups is 1. The van der Waals surface area contributed by atoms with E-state index in [9.17, 15) is 9.90 Å². The molecule has 19 heavy (non-hydrogen) atoms. The van der Waals surface area contributed by atoms with Gasteiger partial charge in [-0.05, 0) is 35.7 Å². The molecule has 0 bridgehead atoms. The summed E-state index contributed by atoms with van der Waals surface area (Å²) in [4.78, 5) is 15.3. The van der Waals surface area contributed by atoms with Crippen molar-refractivity contribution < 1.29 is 9.90 Å². The van der Waals surface area contributed by atoms with E-state index >= 15 is 0 Å². The van der Waals surface area contributed by atoms with E-state index in [2.05, 4.69) is 20.9 Å². The van der Waals surface area contributed by atoms with E-state index in [4.69, 9.17) is 11.6 Å². The van der Waals surface area contributed by atoms with Crippen molar-refractivity contribution in [1.29, 1.82) is 0 Å². The van der Waals surface area contributed by atoms with Crippen molar-refractivity contribution >= 4 is 33.5 Å². The van der Waals surface area contributed by atoms with Gasteiger partial charge < -0.3 is 5.11 Å². The number of carboxylic acids is 1. The van der Waals surface area contributed by atoms with Crippen molar-refractivity contribution in [2.24, 2.45) is 0 Å². The van der Waals surface area contributed by atoms with E-state index in [1.807, 2.05) is 12.1 Å². The molecule has 98 valence electrons. The first-order valence-electron chi connectivity index (χ1n) is 5.64. The Hall–Kier alpha value is -1.39. The standard InChI is InChI=1S/C14H11BrClNO2/c15-11-3-1-9(2-4-11)12(14(18)19)7-10-5-6-17-8-13(10)16/h1-6,8,12H,7H2,(H,18,19). The summed E-state index contributed by atoms with van der Waals surface area (Å²) >= 11 is 9.36. The van der Waals surface area contributed by atoms with Crippen LogP contribution in [0.15, 0.2) is 47.2 Å². The molecule has 0 spiro atoms. The van der Waals surface area contributed by atoms with Gasteiger partial charge in [-0.15, -0.1) is 0 Å². The maximum absolute atomic E-state index is 11.4. The Morgan fingerprint density at radius 1 is 1.32 bits per heavy atom. The lowest BCUT2D eigenvalue weighted by Crippen LogP contribution is -2.14. The maximum atomic E-state index is 11.4. The Labute approximate surface area is 124 Å². The second kappa shape index (κ2) is 6.17. The first-order valence-corrected chi connectivity index (χ1v) is 6.81. The molecule has 0 aliphatic heterocycles. The summed E-state index contributed by atoms with van der Waals surface area (Å²) in [5.74, 6) is -1.48. The van der Waals surface area contributed by atoms with Crippen molar-refractivity contribution in [3.05, 3.63) is 63.3 Å². The third-order valence-electron chi connectivity index (χ3n) is 2.85. The van der Waals surface area contributed by atoms with E-state index < -0.39 is 11.9 Å². The van der Waals surface area contributed by atoms with Gasteiger partial charge in [0.1, 0.15) is 0 Å². The largest absolute Gasteiger partial charge is 0.481 e. The summed E-state index contributed by atoms with van der Waals surface area (Å²) in [5, 5.41) is 9.87. The van der Waals surface area contributed by atoms with Gasteiger partial charge in [0.05, 0.1) is 10.9 Å². The van der Waals surface area contributed by atoms with Crippen molar-refractivity contribution in [3.8, 4) is 0 Å². The minimum atomic E-state index is -0.866. The van der Waals surface area contributed by atoms with Crippen LogP contribution in [0.25, 0.3) is 0 Å². The summed E-state index contributed by atoms with van der Waals surface area (Å²) in [7, 11) is 0. The third-order valence-corrected chi connectivity index (χ3v) is 3.72. The molecule has 2 rings (SSSR count). The highest BCUT2D eigenvalue weighted by Gasteiger charge is 2.21. The smallest absolute Gasteiger partial charge is 0.311 e. The summed E-state index contributed by atoms with van der Waals surface area (Å²) in [5.41, 5.74) is 1.54. The van der Waals surface area contributed by atoms with E-state index in [-0.39, 0.29) is 0 Å². The number of rotatable bonds is 4. The SMILES string of the molecule is O=C(O)C(Cc1ccncc1Cl)c1ccc(Br)cc1. The van der Waals surface area contributed by atoms with Gasteiger partial charge in [0.25, 0.3) is 0 Å². The highest BCUT2D eigenvalue weighted by Crippen LogP contribution is 2.26. The van der Waals surface area contributed by atoms with E-state index in [0.717, 1.165) is 15.6 Å². The molecule has 0 aliphatic carbocycles. The zero-order valence-electron chi connectivity index (χ0n) is 9.88. The van der Waals surface area contributed by atoms with Crippen LogP contribution in [0, 0.1) is 0 Å². The van der Waals surface area contributed by atoms with E-state index in [1.165, 1.54) is 6.20 Å². The van der Waals surface area contributed by atoms with Gasteiger partial charge in [-0.3, -0.25) is 9.78 Å². The van der Waals surface area contributed by atoms with Gasteiger partial charge in [-0.2, -0.15) is 0 Å². The zero-order valence-corrected chi connectivity index (χ0v) is 12.2. The molecule has 3 nitrogen and oxygen atoms in total. The van der Waals surface area contributed by atoms with Crippen LogP contribution in [-0.2, 0) is 11.2 Å². The molecular weight excluding hydrogens is 330 g/mol. The fourth-order valence-electron chi connectivity index (χ4n) is 1.83. The quantitative estimate of drug-likeness (QED) is 0.918. The number of nitrogens with zero attached hydrogens (tertiary/aromatic N) is 1. The maximum Gasteiger partial charge on any atom is 0.311 e. The number of hydrogen-bond acceptors (Lipinski definition) is 2. The average Bonchev–Trinajstić information content (AvgIpc) is 2.39. The molecule has 1 aromatic heterocycles. The van der Waals surface area contributed by atoms with Crippen molar-refractivity contribution in [2.75, 3.05) is 0 Å². The minimum Gasteiger partial charge on any atom is -0.481 e. The van der Waals surface area contributed by atoms with Crippen LogP contribution in [0.1, 0.15) is 17.0 Å². The van der Waals surface area contributed by atoms with Crippen LogP contribution in [0.2, 0.25) is 5.02 Å². The Bertz CT molecular complexity index is 586. The van der Waals surface area contributed by atoms with E-state index in [0.29, 0.717) is 11.4 Å². The molecule has 0 saturated carbocycles. The lowest BCUT2D eigenvalue weighted by molar-refractivity contribution is -0.138. The Morgan fingerprint density at radius 2 is 2.00 bits per heavy atom. The molecule has 0 fully saturated rings. The molecule has 2 aromatic rings. The monoisotopic (exact) mass is 339 g/mol. The Morgan fingerprint density at radius 3 is 2.58 bits per heavy atom. The fraction of sp³-hybridized carbons (Fsp3) is 0.143. The molecule has 0 radical (unpaired) electrons. The van der Waals surface area contributed by atoms with Gasteiger partial charge >= 0.3 is 5.97 Å². The van der Waals surface area contributed by atoms with Crippen molar-refractivity contribution in [3.63, 3.8) is 0 Å². The normalized spacial score (nSPS) is 12.1. The summed E-state index contributed by atoms with van der Waals surface area (Å²) < 4.78 is 0.919. The molecular formula is C14H11BrClNO2. The molecule has 1 N–H and O–H groups in total. The third kappa shape index (κ3) is 3.55. The summed E-state index contributed by atoms with van der Waals surface area (Å²) in [6, 6.07) is 9.02. The predicted molar refractivity (Wildman–Crippen MR) is 77.5 cm³/mol. The number of aromatic nitrogens is 1. The van der Waals surface area contributed by atoms with Crippen molar-refractivity contribution in [2.45, 2.75) is 12.3 Å². The van der Waals surface area contributed by atoms with Gasteiger partial charge in [-0.25, -0.2) is 0 Å². The number of pyridine rings is 1. The van der Waals surface area contributed by atoms with E-state index in [1.54, 1.807) is 24.4 Å². The first kappa shape index (κ1) is 14.0. The minimum absolute atomic E-state index is 0.346. The molecule has 1 heterocycles. The topological polar surface area (TPSA) is 50.2 Å². The number of benzene rings is 1. The lowest BCUT2D eigenvalue weighted by Gasteiger charge is -2.13. The molecule has 0 aliphatic rings. The zero-order chi connectivity index (χ0) is 13.8. The highest BCUT2D eigenvalue weighted by molar-refractivity contribution is 9.10. The number of carboxylic acid groups (broad SMARTS) is 1. The summed E-state index contributed by atoms with van der Waals surface area (Å²) in [6.07, 6.45) is 3.48. The van der Waals surface area contributed by atoms with Gasteiger partial charge in [0.15, 0.2) is 0 Å². The first-order chi connectivity index (χ1) is 9.08. The lowest BCUT2D eigenvalue weighted by atomic mass is 9.92. The Kier molecular flexibility index (Phi) is 4.56. The van der Waals surface area contributed by atoms with Crippen LogP contribution < -0.4 is 0 Å². The van der Waals surface area contributed by atoms with Crippen molar-refractivity contribution in [1.82, 2.24) is 4.98 Å². The average molecular weight is 341 g/mol. The van der Waals surface area contributed by atoms with Gasteiger partial charge in [-0.1, -0.05) is 39.7 Å². The van der Waals surface area contributed by atoms with Crippen LogP contribution in [0.4, 0.5) is 0 Å². The molecule has 0 amide bonds. The van der Waals surface area contributed by atoms with Crippen LogP contribution in [0.3, 0.4) is 0 Å². The highest BCUT2D eigenvalue weighted by atomic mass is 79.9. The second-order valence-electron chi connectivity index (χ2n) is 4.11. The van der Waals surface area contributed by atoms with Crippen LogP contribution in [0.5, 0.6) is 0 Å². The second-order valence-corrected chi connectivity index (χ2v) is 5.44. The molecule has 5 heteroatoms. The van der Waals surface area contributed by atoms with Gasteiger partial charge in [0, 0.05) is 16.9 Å². The molecule has 0 saturated heterocycles. The molecule has 1 atom stereocenters. The molecule has 1 aromatic carbocycles. The van der Waals surface area contributed by atoms with Crippen LogP contribution >= 0.6 is 27.5 Å². The number of halogens is 2.